The van der Waals surface area contributed by atoms with Crippen molar-refractivity contribution >= 4 is 5.96 Å². The highest BCUT2D eigenvalue weighted by molar-refractivity contribution is 5.77. The molecule has 0 radical (unpaired) electrons. The topological polar surface area (TPSA) is 68.9 Å². The molecule has 18 heavy (non-hydrogen) atoms. The normalized spacial score (nSPS) is 11.8. The number of guanidine groups is 1. The molecule has 0 fully saturated rings. The molecule has 108 valence electrons. The van der Waals surface area contributed by atoms with Crippen molar-refractivity contribution in [1.29, 1.82) is 0 Å². The minimum Gasteiger partial charge on any atom is -0.382 e. The molecular weight excluding hydrogens is 230 g/mol. The van der Waals surface area contributed by atoms with Gasteiger partial charge in [0.1, 0.15) is 0 Å². The second-order valence-electron chi connectivity index (χ2n) is 4.21. The summed E-state index contributed by atoms with van der Waals surface area (Å²) < 4.78 is 10.2. The number of nitrogens with zero attached hydrogens (tertiary/aromatic N) is 1. The van der Waals surface area contributed by atoms with Crippen molar-refractivity contribution in [1.82, 2.24) is 5.32 Å². The molecule has 0 aromatic heterocycles. The van der Waals surface area contributed by atoms with E-state index in [2.05, 4.69) is 17.2 Å². The van der Waals surface area contributed by atoms with E-state index in [0.717, 1.165) is 19.4 Å². The molecule has 0 aliphatic rings. The van der Waals surface area contributed by atoms with Gasteiger partial charge >= 0.3 is 0 Å². The highest BCUT2D eigenvalue weighted by Crippen LogP contribution is 1.96. The Kier molecular flexibility index (Phi) is 13.6. The molecule has 5 nitrogen and oxygen atoms in total. The predicted octanol–water partition coefficient (Wildman–Crippen LogP) is 1.52. The summed E-state index contributed by atoms with van der Waals surface area (Å²) in [5.74, 6) is 0.545. The molecule has 3 N–H and O–H groups in total. The summed E-state index contributed by atoms with van der Waals surface area (Å²) >= 11 is 0. The largest absolute Gasteiger partial charge is 0.382 e. The van der Waals surface area contributed by atoms with Crippen LogP contribution < -0.4 is 11.1 Å². The van der Waals surface area contributed by atoms with Gasteiger partial charge in [0.25, 0.3) is 0 Å². The van der Waals surface area contributed by atoms with Crippen LogP contribution >= 0.6 is 0 Å². The van der Waals surface area contributed by atoms with Crippen LogP contribution in [0.3, 0.4) is 0 Å². The third-order valence-electron chi connectivity index (χ3n) is 2.50. The molecule has 0 aliphatic carbocycles. The lowest BCUT2D eigenvalue weighted by atomic mass is 10.2. The van der Waals surface area contributed by atoms with Crippen molar-refractivity contribution in [2.75, 3.05) is 40.0 Å². The molecule has 0 saturated heterocycles. The summed E-state index contributed by atoms with van der Waals surface area (Å²) in [6.07, 6.45) is 5.85. The third-order valence-corrected chi connectivity index (χ3v) is 2.50. The van der Waals surface area contributed by atoms with E-state index in [1.165, 1.54) is 19.3 Å². The van der Waals surface area contributed by atoms with Gasteiger partial charge in [-0.25, -0.2) is 0 Å². The Hall–Kier alpha value is -0.810. The lowest BCUT2D eigenvalue weighted by Crippen LogP contribution is -2.32. The zero-order valence-electron chi connectivity index (χ0n) is 11.9. The van der Waals surface area contributed by atoms with Gasteiger partial charge in [0.2, 0.25) is 0 Å². The molecule has 0 heterocycles. The number of nitrogens with one attached hydrogen (secondary N) is 1. The van der Waals surface area contributed by atoms with E-state index in [9.17, 15) is 0 Å². The van der Waals surface area contributed by atoms with Gasteiger partial charge in [-0.3, -0.25) is 4.99 Å². The molecule has 0 unspecified atom stereocenters. The highest BCUT2D eigenvalue weighted by Gasteiger charge is 1.92. The number of nitrogens with two attached hydrogens (primary N) is 1. The van der Waals surface area contributed by atoms with E-state index in [1.807, 2.05) is 0 Å². The molecule has 0 rings (SSSR count). The van der Waals surface area contributed by atoms with E-state index < -0.39 is 0 Å². The van der Waals surface area contributed by atoms with Crippen LogP contribution in [0.25, 0.3) is 0 Å². The first-order chi connectivity index (χ1) is 8.81. The number of hydrogen-bond donors (Lipinski definition) is 2. The van der Waals surface area contributed by atoms with E-state index >= 15 is 0 Å². The number of aliphatic imine (C=N–C) groups is 1. The van der Waals surface area contributed by atoms with E-state index in [-0.39, 0.29) is 0 Å². The second-order valence-corrected chi connectivity index (χ2v) is 4.21. The van der Waals surface area contributed by atoms with Crippen molar-refractivity contribution < 1.29 is 9.47 Å². The molecule has 0 spiro atoms. The number of hydrogen-bond acceptors (Lipinski definition) is 3. The Morgan fingerprint density at radius 1 is 1.11 bits per heavy atom. The molecule has 0 aliphatic heterocycles. The van der Waals surface area contributed by atoms with Gasteiger partial charge in [-0.05, 0) is 12.8 Å². The number of rotatable bonds is 12. The van der Waals surface area contributed by atoms with Crippen LogP contribution in [0.4, 0.5) is 0 Å². The maximum absolute atomic E-state index is 5.73. The van der Waals surface area contributed by atoms with Crippen molar-refractivity contribution in [3.63, 3.8) is 0 Å². The maximum atomic E-state index is 5.73. The van der Waals surface area contributed by atoms with Crippen LogP contribution in [-0.2, 0) is 9.47 Å². The number of ether oxygens (including phenoxy) is 2. The van der Waals surface area contributed by atoms with Crippen LogP contribution in [0.5, 0.6) is 0 Å². The number of unbranched alkanes of at least 4 members (excludes halogenated alkanes) is 3. The summed E-state index contributed by atoms with van der Waals surface area (Å²) in [5, 5.41) is 3.12. The Balaban J connectivity index is 3.25. The average Bonchev–Trinajstić information content (AvgIpc) is 2.37. The molecular formula is C13H29N3O2. The Labute approximate surface area is 111 Å². The van der Waals surface area contributed by atoms with Gasteiger partial charge in [-0.15, -0.1) is 0 Å². The zero-order valence-corrected chi connectivity index (χ0v) is 11.9. The first-order valence-electron chi connectivity index (χ1n) is 6.91. The Bertz CT molecular complexity index is 199. The van der Waals surface area contributed by atoms with Crippen LogP contribution in [0.1, 0.15) is 39.0 Å². The smallest absolute Gasteiger partial charge is 0.188 e. The Morgan fingerprint density at radius 2 is 1.94 bits per heavy atom. The quantitative estimate of drug-likeness (QED) is 0.317. The van der Waals surface area contributed by atoms with E-state index in [1.54, 1.807) is 7.11 Å². The van der Waals surface area contributed by atoms with Crippen LogP contribution in [-0.4, -0.2) is 46.0 Å². The lowest BCUT2D eigenvalue weighted by molar-refractivity contribution is 0.0702. The molecule has 0 amide bonds. The highest BCUT2D eigenvalue weighted by atomic mass is 16.5. The van der Waals surface area contributed by atoms with Crippen LogP contribution in [0, 0.1) is 0 Å². The fourth-order valence-electron chi connectivity index (χ4n) is 1.43. The minimum atomic E-state index is 0.545. The summed E-state index contributed by atoms with van der Waals surface area (Å²) in [4.78, 5) is 4.23. The van der Waals surface area contributed by atoms with E-state index in [4.69, 9.17) is 15.2 Å². The fraction of sp³-hybridized carbons (Fsp3) is 0.923. The standard InChI is InChI=1S/C13H29N3O2/c1-3-4-5-6-8-15-13(14)16-9-7-10-18-12-11-17-2/h3-12H2,1-2H3,(H3,14,15,16). The lowest BCUT2D eigenvalue weighted by Gasteiger charge is -2.05. The first kappa shape index (κ1) is 17.2. The van der Waals surface area contributed by atoms with Gasteiger partial charge in [0, 0.05) is 26.8 Å². The third kappa shape index (κ3) is 13.3. The van der Waals surface area contributed by atoms with Gasteiger partial charge < -0.3 is 20.5 Å². The van der Waals surface area contributed by atoms with Crippen LogP contribution in [0.2, 0.25) is 0 Å². The van der Waals surface area contributed by atoms with Gasteiger partial charge in [0.05, 0.1) is 13.2 Å². The first-order valence-corrected chi connectivity index (χ1v) is 6.91. The van der Waals surface area contributed by atoms with Gasteiger partial charge in [-0.1, -0.05) is 26.2 Å². The summed E-state index contributed by atoms with van der Waals surface area (Å²) in [7, 11) is 1.67. The van der Waals surface area contributed by atoms with Gasteiger partial charge in [0.15, 0.2) is 5.96 Å². The van der Waals surface area contributed by atoms with Crippen molar-refractivity contribution in [3.05, 3.63) is 0 Å². The monoisotopic (exact) mass is 259 g/mol. The molecule has 0 atom stereocenters. The SMILES string of the molecule is CCCCCCNC(N)=NCCCOCCOC. The average molecular weight is 259 g/mol. The fourth-order valence-corrected chi connectivity index (χ4v) is 1.43. The zero-order chi connectivity index (χ0) is 13.5. The second kappa shape index (κ2) is 14.3. The molecule has 0 aromatic rings. The summed E-state index contributed by atoms with van der Waals surface area (Å²) in [6.45, 7) is 5.82. The maximum Gasteiger partial charge on any atom is 0.188 e. The Morgan fingerprint density at radius 3 is 2.67 bits per heavy atom. The summed E-state index contributed by atoms with van der Waals surface area (Å²) in [5.41, 5.74) is 5.73. The number of methoxy groups -OCH3 is 1. The van der Waals surface area contributed by atoms with Crippen molar-refractivity contribution in [2.24, 2.45) is 10.7 Å². The van der Waals surface area contributed by atoms with E-state index in [0.29, 0.717) is 32.3 Å². The predicted molar refractivity (Wildman–Crippen MR) is 75.9 cm³/mol. The van der Waals surface area contributed by atoms with Crippen molar-refractivity contribution in [2.45, 2.75) is 39.0 Å². The summed E-state index contributed by atoms with van der Waals surface area (Å²) in [6, 6.07) is 0. The molecule has 0 aromatic carbocycles. The molecule has 0 bridgehead atoms. The van der Waals surface area contributed by atoms with Gasteiger partial charge in [-0.2, -0.15) is 0 Å². The van der Waals surface area contributed by atoms with Crippen LogP contribution in [0.15, 0.2) is 4.99 Å². The minimum absolute atomic E-state index is 0.545. The molecule has 0 saturated carbocycles. The molecule has 5 heteroatoms. The van der Waals surface area contributed by atoms with Crippen molar-refractivity contribution in [3.8, 4) is 0 Å².